The normalized spacial score (nSPS) is 16.8. The summed E-state index contributed by atoms with van der Waals surface area (Å²) in [7, 11) is 0. The number of anilines is 1. The molecule has 0 radical (unpaired) electrons. The minimum absolute atomic E-state index is 0.0995. The van der Waals surface area contributed by atoms with Crippen molar-refractivity contribution in [3.8, 4) is 0 Å². The predicted molar refractivity (Wildman–Crippen MR) is 70.0 cm³/mol. The fraction of sp³-hybridized carbons (Fsp3) is 0.154. The van der Waals surface area contributed by atoms with E-state index in [-0.39, 0.29) is 18.3 Å². The molecule has 1 aliphatic rings. The molecule has 1 aliphatic heterocycles. The number of ether oxygens (including phenoxy) is 1. The van der Waals surface area contributed by atoms with Gasteiger partial charge in [-0.25, -0.2) is 9.78 Å². The third kappa shape index (κ3) is 2.34. The van der Waals surface area contributed by atoms with Crippen molar-refractivity contribution >= 4 is 28.3 Å². The summed E-state index contributed by atoms with van der Waals surface area (Å²) in [4.78, 5) is 27.4. The smallest absolute Gasteiger partial charge is 0.339 e. The molecule has 2 aromatic rings. The van der Waals surface area contributed by atoms with Crippen LogP contribution in [0.4, 0.5) is 5.13 Å². The van der Waals surface area contributed by atoms with Gasteiger partial charge in [0, 0.05) is 17.1 Å². The van der Waals surface area contributed by atoms with Crippen LogP contribution in [0.25, 0.3) is 0 Å². The maximum atomic E-state index is 11.8. The van der Waals surface area contributed by atoms with E-state index < -0.39 is 6.10 Å². The summed E-state index contributed by atoms with van der Waals surface area (Å²) in [6, 6.07) is 7.11. The van der Waals surface area contributed by atoms with Gasteiger partial charge in [0.05, 0.1) is 12.0 Å². The van der Waals surface area contributed by atoms with Gasteiger partial charge in [0.15, 0.2) is 5.13 Å². The lowest BCUT2D eigenvalue weighted by Gasteiger charge is -2.09. The fourth-order valence-corrected chi connectivity index (χ4v) is 2.54. The van der Waals surface area contributed by atoms with E-state index >= 15 is 0 Å². The molecule has 0 spiro atoms. The number of nitrogens with zero attached hydrogens (tertiary/aromatic N) is 1. The third-order valence-corrected chi connectivity index (χ3v) is 3.51. The zero-order valence-corrected chi connectivity index (χ0v) is 10.6. The van der Waals surface area contributed by atoms with Gasteiger partial charge in [0.2, 0.25) is 5.91 Å². The Bertz CT molecular complexity index is 625. The number of rotatable bonds is 3. The lowest BCUT2D eigenvalue weighted by Crippen LogP contribution is -2.15. The topological polar surface area (TPSA) is 68.3 Å². The first-order valence-electron chi connectivity index (χ1n) is 5.73. The molecule has 0 fully saturated rings. The van der Waals surface area contributed by atoms with E-state index in [1.807, 2.05) is 12.1 Å². The van der Waals surface area contributed by atoms with Gasteiger partial charge in [-0.05, 0) is 6.07 Å². The van der Waals surface area contributed by atoms with Crippen LogP contribution in [0, 0.1) is 0 Å². The number of fused-ring (bicyclic) bond motifs is 1. The van der Waals surface area contributed by atoms with E-state index in [1.165, 1.54) is 11.3 Å². The Labute approximate surface area is 113 Å². The van der Waals surface area contributed by atoms with E-state index in [1.54, 1.807) is 23.7 Å². The Morgan fingerprint density at radius 2 is 2.26 bits per heavy atom. The van der Waals surface area contributed by atoms with Crippen LogP contribution in [0.2, 0.25) is 0 Å². The average Bonchev–Trinajstić information content (AvgIpc) is 3.00. The predicted octanol–water partition coefficient (Wildman–Crippen LogP) is 2.38. The first-order chi connectivity index (χ1) is 9.24. The van der Waals surface area contributed by atoms with Crippen molar-refractivity contribution in [3.05, 3.63) is 47.0 Å². The summed E-state index contributed by atoms with van der Waals surface area (Å²) in [6.07, 6.45) is 1.21. The summed E-state index contributed by atoms with van der Waals surface area (Å²) < 4.78 is 5.20. The summed E-state index contributed by atoms with van der Waals surface area (Å²) in [6.45, 7) is 0. The zero-order chi connectivity index (χ0) is 13.2. The Balaban J connectivity index is 1.71. The standard InChI is InChI=1S/C13H10N2O3S/c16-11(15-13-14-5-6-19-13)7-10-8-3-1-2-4-9(8)12(17)18-10/h1-6,10H,7H2,(H,14,15,16)/t10-/m1/s1. The number of amides is 1. The molecule has 1 amide bonds. The molecule has 2 heterocycles. The Hall–Kier alpha value is -2.21. The zero-order valence-electron chi connectivity index (χ0n) is 9.83. The number of hydrogen-bond donors (Lipinski definition) is 1. The largest absolute Gasteiger partial charge is 0.453 e. The molecule has 1 atom stereocenters. The highest BCUT2D eigenvalue weighted by atomic mass is 32.1. The van der Waals surface area contributed by atoms with E-state index in [0.717, 1.165) is 5.56 Å². The van der Waals surface area contributed by atoms with Crippen molar-refractivity contribution in [1.29, 1.82) is 0 Å². The summed E-state index contributed by atoms with van der Waals surface area (Å²) >= 11 is 1.34. The quantitative estimate of drug-likeness (QED) is 0.872. The highest BCUT2D eigenvalue weighted by Crippen LogP contribution is 2.32. The number of benzene rings is 1. The van der Waals surface area contributed by atoms with Gasteiger partial charge in [-0.1, -0.05) is 18.2 Å². The Kier molecular flexibility index (Phi) is 3.00. The van der Waals surface area contributed by atoms with Crippen LogP contribution < -0.4 is 5.32 Å². The van der Waals surface area contributed by atoms with Crippen molar-refractivity contribution < 1.29 is 14.3 Å². The van der Waals surface area contributed by atoms with Gasteiger partial charge in [-0.2, -0.15) is 0 Å². The van der Waals surface area contributed by atoms with Crippen molar-refractivity contribution in [2.45, 2.75) is 12.5 Å². The second-order valence-corrected chi connectivity index (χ2v) is 4.97. The van der Waals surface area contributed by atoms with Gasteiger partial charge in [0.1, 0.15) is 6.10 Å². The number of thiazole rings is 1. The molecule has 5 nitrogen and oxygen atoms in total. The third-order valence-electron chi connectivity index (χ3n) is 2.83. The number of hydrogen-bond acceptors (Lipinski definition) is 5. The second kappa shape index (κ2) is 4.81. The number of nitrogens with one attached hydrogen (secondary N) is 1. The second-order valence-electron chi connectivity index (χ2n) is 4.07. The molecule has 0 aliphatic carbocycles. The SMILES string of the molecule is O=C(C[C@H]1OC(=O)c2ccccc21)Nc1nccs1. The molecule has 96 valence electrons. The van der Waals surface area contributed by atoms with Crippen LogP contribution in [-0.2, 0) is 9.53 Å². The highest BCUT2D eigenvalue weighted by Gasteiger charge is 2.32. The monoisotopic (exact) mass is 274 g/mol. The van der Waals surface area contributed by atoms with Crippen LogP contribution in [0.1, 0.15) is 28.4 Å². The average molecular weight is 274 g/mol. The molecule has 6 heteroatoms. The van der Waals surface area contributed by atoms with E-state index in [2.05, 4.69) is 10.3 Å². The Morgan fingerprint density at radius 1 is 1.42 bits per heavy atom. The molecule has 1 aromatic heterocycles. The molecule has 0 saturated heterocycles. The van der Waals surface area contributed by atoms with Gasteiger partial charge in [-0.15, -0.1) is 11.3 Å². The minimum Gasteiger partial charge on any atom is -0.453 e. The van der Waals surface area contributed by atoms with Gasteiger partial charge >= 0.3 is 5.97 Å². The van der Waals surface area contributed by atoms with Gasteiger partial charge in [0.25, 0.3) is 0 Å². The van der Waals surface area contributed by atoms with E-state index in [9.17, 15) is 9.59 Å². The van der Waals surface area contributed by atoms with Gasteiger partial charge < -0.3 is 10.1 Å². The lowest BCUT2D eigenvalue weighted by molar-refractivity contribution is -0.118. The van der Waals surface area contributed by atoms with Crippen molar-refractivity contribution in [2.75, 3.05) is 5.32 Å². The maximum Gasteiger partial charge on any atom is 0.339 e. The number of carbonyl (C=O) groups excluding carboxylic acids is 2. The van der Waals surface area contributed by atoms with Crippen LogP contribution in [0.15, 0.2) is 35.8 Å². The fourth-order valence-electron chi connectivity index (χ4n) is 2.00. The summed E-state index contributed by atoms with van der Waals surface area (Å²) in [5, 5.41) is 4.99. The summed E-state index contributed by atoms with van der Waals surface area (Å²) in [5.41, 5.74) is 1.30. The Morgan fingerprint density at radius 3 is 3.05 bits per heavy atom. The van der Waals surface area contributed by atoms with E-state index in [0.29, 0.717) is 10.7 Å². The number of cyclic esters (lactones) is 1. The van der Waals surface area contributed by atoms with Crippen molar-refractivity contribution in [1.82, 2.24) is 4.98 Å². The summed E-state index contributed by atoms with van der Waals surface area (Å²) in [5.74, 6) is -0.591. The molecule has 1 aromatic carbocycles. The molecule has 0 bridgehead atoms. The van der Waals surface area contributed by atoms with Gasteiger partial charge in [-0.3, -0.25) is 4.79 Å². The molecule has 0 saturated carbocycles. The highest BCUT2D eigenvalue weighted by molar-refractivity contribution is 7.13. The first kappa shape index (κ1) is 11.9. The van der Waals surface area contributed by atoms with Crippen LogP contribution in [-0.4, -0.2) is 16.9 Å². The van der Waals surface area contributed by atoms with E-state index in [4.69, 9.17) is 4.74 Å². The minimum atomic E-state index is -0.510. The maximum absolute atomic E-state index is 11.8. The van der Waals surface area contributed by atoms with Crippen molar-refractivity contribution in [3.63, 3.8) is 0 Å². The lowest BCUT2D eigenvalue weighted by atomic mass is 10.0. The molecule has 0 unspecified atom stereocenters. The number of aromatic nitrogens is 1. The number of carbonyl (C=O) groups is 2. The van der Waals surface area contributed by atoms with Crippen LogP contribution in [0.3, 0.4) is 0 Å². The molecule has 3 rings (SSSR count). The molecule has 1 N–H and O–H groups in total. The molecular weight excluding hydrogens is 264 g/mol. The van der Waals surface area contributed by atoms with Crippen LogP contribution >= 0.6 is 11.3 Å². The first-order valence-corrected chi connectivity index (χ1v) is 6.61. The molecular formula is C13H10N2O3S. The number of esters is 1. The van der Waals surface area contributed by atoms with Crippen molar-refractivity contribution in [2.24, 2.45) is 0 Å². The van der Waals surface area contributed by atoms with Crippen LogP contribution in [0.5, 0.6) is 0 Å². The molecule has 19 heavy (non-hydrogen) atoms.